The highest BCUT2D eigenvalue weighted by molar-refractivity contribution is 5.37. The maximum absolute atomic E-state index is 9.46. The SMILES string of the molecule is NCc1ccc(COc2ccccc2O)o1. The summed E-state index contributed by atoms with van der Waals surface area (Å²) < 4.78 is 10.8. The number of hydrogen-bond donors (Lipinski definition) is 2. The largest absolute Gasteiger partial charge is 0.504 e. The number of para-hydroxylation sites is 2. The van der Waals surface area contributed by atoms with Gasteiger partial charge in [0.15, 0.2) is 11.5 Å². The second kappa shape index (κ2) is 4.72. The third-order valence-electron chi connectivity index (χ3n) is 2.15. The lowest BCUT2D eigenvalue weighted by Crippen LogP contribution is -1.95. The number of phenolic OH excluding ortho intramolecular Hbond substituents is 1. The molecule has 84 valence electrons. The van der Waals surface area contributed by atoms with Crippen molar-refractivity contribution in [2.45, 2.75) is 13.2 Å². The second-order valence-corrected chi connectivity index (χ2v) is 3.33. The fourth-order valence-electron chi connectivity index (χ4n) is 1.34. The molecular formula is C12H13NO3. The predicted octanol–water partition coefficient (Wildman–Crippen LogP) is 2.02. The number of rotatable bonds is 4. The molecule has 0 atom stereocenters. The van der Waals surface area contributed by atoms with Gasteiger partial charge in [-0.3, -0.25) is 0 Å². The molecule has 0 radical (unpaired) electrons. The average molecular weight is 219 g/mol. The van der Waals surface area contributed by atoms with E-state index in [0.717, 1.165) is 5.76 Å². The van der Waals surface area contributed by atoms with E-state index in [1.54, 1.807) is 24.3 Å². The van der Waals surface area contributed by atoms with Crippen LogP contribution in [0.4, 0.5) is 0 Å². The Kier molecular flexibility index (Phi) is 3.12. The van der Waals surface area contributed by atoms with Crippen molar-refractivity contribution in [1.29, 1.82) is 0 Å². The summed E-state index contributed by atoms with van der Waals surface area (Å²) in [5.74, 6) is 1.96. The summed E-state index contributed by atoms with van der Waals surface area (Å²) >= 11 is 0. The molecule has 0 bridgehead atoms. The molecular weight excluding hydrogens is 206 g/mol. The molecule has 16 heavy (non-hydrogen) atoms. The summed E-state index contributed by atoms with van der Waals surface area (Å²) in [6.45, 7) is 0.647. The van der Waals surface area contributed by atoms with E-state index in [2.05, 4.69) is 0 Å². The first-order valence-corrected chi connectivity index (χ1v) is 4.98. The molecule has 0 spiro atoms. The number of benzene rings is 1. The maximum Gasteiger partial charge on any atom is 0.161 e. The molecule has 2 aromatic rings. The monoisotopic (exact) mass is 219 g/mol. The van der Waals surface area contributed by atoms with Crippen molar-refractivity contribution in [3.05, 3.63) is 47.9 Å². The minimum Gasteiger partial charge on any atom is -0.504 e. The molecule has 0 amide bonds. The van der Waals surface area contributed by atoms with Gasteiger partial charge in [-0.05, 0) is 24.3 Å². The predicted molar refractivity (Wildman–Crippen MR) is 59.0 cm³/mol. The molecule has 0 saturated heterocycles. The standard InChI is InChI=1S/C12H13NO3/c13-7-9-5-6-10(16-9)8-15-12-4-2-1-3-11(12)14/h1-6,14H,7-8,13H2. The topological polar surface area (TPSA) is 68.6 Å². The van der Waals surface area contributed by atoms with Gasteiger partial charge in [-0.2, -0.15) is 0 Å². The van der Waals surface area contributed by atoms with Crippen LogP contribution >= 0.6 is 0 Å². The maximum atomic E-state index is 9.46. The first kappa shape index (κ1) is 10.6. The van der Waals surface area contributed by atoms with Gasteiger partial charge in [0.1, 0.15) is 18.1 Å². The van der Waals surface area contributed by atoms with Crippen LogP contribution in [-0.4, -0.2) is 5.11 Å². The van der Waals surface area contributed by atoms with Crippen molar-refractivity contribution in [3.63, 3.8) is 0 Å². The summed E-state index contributed by atoms with van der Waals surface area (Å²) in [7, 11) is 0. The molecule has 2 rings (SSSR count). The minimum absolute atomic E-state index is 0.119. The summed E-state index contributed by atoms with van der Waals surface area (Å²) in [4.78, 5) is 0. The Bertz CT molecular complexity index is 465. The zero-order valence-corrected chi connectivity index (χ0v) is 8.72. The summed E-state index contributed by atoms with van der Waals surface area (Å²) in [5, 5.41) is 9.46. The normalized spacial score (nSPS) is 10.3. The van der Waals surface area contributed by atoms with E-state index in [1.807, 2.05) is 12.1 Å². The third-order valence-corrected chi connectivity index (χ3v) is 2.15. The molecule has 4 heteroatoms. The number of aromatic hydroxyl groups is 1. The van der Waals surface area contributed by atoms with Gasteiger partial charge < -0.3 is 20.0 Å². The van der Waals surface area contributed by atoms with Crippen LogP contribution < -0.4 is 10.5 Å². The van der Waals surface area contributed by atoms with Gasteiger partial charge in [0, 0.05) is 0 Å². The van der Waals surface area contributed by atoms with Crippen molar-refractivity contribution in [2.24, 2.45) is 5.73 Å². The van der Waals surface area contributed by atoms with E-state index in [4.69, 9.17) is 14.9 Å². The van der Waals surface area contributed by atoms with E-state index in [1.165, 1.54) is 0 Å². The molecule has 0 aliphatic carbocycles. The zero-order chi connectivity index (χ0) is 11.4. The number of hydrogen-bond acceptors (Lipinski definition) is 4. The van der Waals surface area contributed by atoms with Gasteiger partial charge in [-0.25, -0.2) is 0 Å². The third kappa shape index (κ3) is 2.35. The van der Waals surface area contributed by atoms with Crippen LogP contribution in [0.15, 0.2) is 40.8 Å². The van der Waals surface area contributed by atoms with Gasteiger partial charge >= 0.3 is 0 Å². The molecule has 1 heterocycles. The van der Waals surface area contributed by atoms with E-state index in [9.17, 15) is 5.11 Å². The number of furan rings is 1. The highest BCUT2D eigenvalue weighted by atomic mass is 16.5. The van der Waals surface area contributed by atoms with Crippen molar-refractivity contribution >= 4 is 0 Å². The molecule has 3 N–H and O–H groups in total. The lowest BCUT2D eigenvalue weighted by molar-refractivity contribution is 0.255. The Morgan fingerprint density at radius 2 is 1.88 bits per heavy atom. The average Bonchev–Trinajstić information content (AvgIpc) is 2.76. The molecule has 1 aromatic heterocycles. The van der Waals surface area contributed by atoms with Crippen LogP contribution in [0.1, 0.15) is 11.5 Å². The molecule has 0 aliphatic rings. The Hall–Kier alpha value is -1.94. The Morgan fingerprint density at radius 3 is 2.56 bits per heavy atom. The zero-order valence-electron chi connectivity index (χ0n) is 8.72. The van der Waals surface area contributed by atoms with E-state index >= 15 is 0 Å². The fourth-order valence-corrected chi connectivity index (χ4v) is 1.34. The Morgan fingerprint density at radius 1 is 1.12 bits per heavy atom. The minimum atomic E-state index is 0.119. The Balaban J connectivity index is 1.99. The van der Waals surface area contributed by atoms with E-state index < -0.39 is 0 Å². The Labute approximate surface area is 93.3 Å². The first-order chi connectivity index (χ1) is 7.79. The fraction of sp³-hybridized carbons (Fsp3) is 0.167. The highest BCUT2D eigenvalue weighted by Gasteiger charge is 2.04. The van der Waals surface area contributed by atoms with Crippen molar-refractivity contribution in [3.8, 4) is 11.5 Å². The molecule has 0 unspecified atom stereocenters. The number of ether oxygens (including phenoxy) is 1. The first-order valence-electron chi connectivity index (χ1n) is 4.98. The number of phenols is 1. The van der Waals surface area contributed by atoms with Crippen LogP contribution in [0.25, 0.3) is 0 Å². The summed E-state index contributed by atoms with van der Waals surface area (Å²) in [5.41, 5.74) is 5.42. The van der Waals surface area contributed by atoms with Crippen molar-refractivity contribution in [1.82, 2.24) is 0 Å². The second-order valence-electron chi connectivity index (χ2n) is 3.33. The molecule has 0 fully saturated rings. The summed E-state index contributed by atoms with van der Waals surface area (Å²) in [6.07, 6.45) is 0. The molecule has 1 aromatic carbocycles. The van der Waals surface area contributed by atoms with Crippen LogP contribution in [0.5, 0.6) is 11.5 Å². The lowest BCUT2D eigenvalue weighted by Gasteiger charge is -2.05. The van der Waals surface area contributed by atoms with Crippen LogP contribution in [0.2, 0.25) is 0 Å². The van der Waals surface area contributed by atoms with Crippen LogP contribution in [-0.2, 0) is 13.2 Å². The van der Waals surface area contributed by atoms with Crippen molar-refractivity contribution in [2.75, 3.05) is 0 Å². The molecule has 0 aliphatic heterocycles. The highest BCUT2D eigenvalue weighted by Crippen LogP contribution is 2.25. The van der Waals surface area contributed by atoms with Crippen LogP contribution in [0.3, 0.4) is 0 Å². The van der Waals surface area contributed by atoms with Gasteiger partial charge in [0.25, 0.3) is 0 Å². The molecule has 4 nitrogen and oxygen atoms in total. The van der Waals surface area contributed by atoms with Gasteiger partial charge in [0.05, 0.1) is 6.54 Å². The van der Waals surface area contributed by atoms with Crippen molar-refractivity contribution < 1.29 is 14.3 Å². The van der Waals surface area contributed by atoms with Gasteiger partial charge in [0.2, 0.25) is 0 Å². The molecule has 0 saturated carbocycles. The number of nitrogens with two attached hydrogens (primary N) is 1. The summed E-state index contributed by atoms with van der Waals surface area (Å²) in [6, 6.07) is 10.4. The quantitative estimate of drug-likeness (QED) is 0.825. The van der Waals surface area contributed by atoms with E-state index in [0.29, 0.717) is 18.1 Å². The van der Waals surface area contributed by atoms with E-state index in [-0.39, 0.29) is 12.4 Å². The lowest BCUT2D eigenvalue weighted by atomic mass is 10.3. The van der Waals surface area contributed by atoms with Gasteiger partial charge in [-0.1, -0.05) is 12.1 Å². The van der Waals surface area contributed by atoms with Crippen LogP contribution in [0, 0.1) is 0 Å². The smallest absolute Gasteiger partial charge is 0.161 e. The van der Waals surface area contributed by atoms with Gasteiger partial charge in [-0.15, -0.1) is 0 Å².